The lowest BCUT2D eigenvalue weighted by Crippen LogP contribution is -2.46. The van der Waals surface area contributed by atoms with Crippen LogP contribution in [-0.2, 0) is 11.2 Å². The van der Waals surface area contributed by atoms with Gasteiger partial charge in [-0.15, -0.1) is 0 Å². The maximum Gasteiger partial charge on any atom is 0.157 e. The molecule has 17 heavy (non-hydrogen) atoms. The molecule has 0 radical (unpaired) electrons. The highest BCUT2D eigenvalue weighted by Gasteiger charge is 2.36. The number of carbonyl (C=O) groups is 1. The molecule has 0 aliphatic heterocycles. The number of hydrogen-bond donors (Lipinski definition) is 1. The van der Waals surface area contributed by atoms with E-state index in [1.807, 2.05) is 0 Å². The Morgan fingerprint density at radius 2 is 2.06 bits per heavy atom. The third-order valence-electron chi connectivity index (χ3n) is 3.43. The fourth-order valence-electron chi connectivity index (χ4n) is 2.32. The number of halogens is 2. The van der Waals surface area contributed by atoms with E-state index in [0.29, 0.717) is 10.0 Å². The highest BCUT2D eigenvalue weighted by Crippen LogP contribution is 2.30. The van der Waals surface area contributed by atoms with E-state index in [9.17, 15) is 9.18 Å². The lowest BCUT2D eigenvalue weighted by molar-refractivity contribution is -0.123. The molecule has 0 atom stereocenters. The van der Waals surface area contributed by atoms with E-state index in [1.165, 1.54) is 6.07 Å². The van der Waals surface area contributed by atoms with Crippen molar-refractivity contribution in [2.45, 2.75) is 37.6 Å². The first-order chi connectivity index (χ1) is 8.03. The summed E-state index contributed by atoms with van der Waals surface area (Å²) < 4.78 is 13.7. The maximum atomic E-state index is 13.3. The Kier molecular flexibility index (Phi) is 3.64. The van der Waals surface area contributed by atoms with Crippen molar-refractivity contribution in [2.24, 2.45) is 5.73 Å². The summed E-state index contributed by atoms with van der Waals surface area (Å²) in [5.41, 5.74) is 6.06. The summed E-state index contributed by atoms with van der Waals surface area (Å²) in [5.74, 6) is -0.325. The molecule has 1 aliphatic carbocycles. The molecule has 2 N–H and O–H groups in total. The topological polar surface area (TPSA) is 43.1 Å². The Balaban J connectivity index is 2.16. The summed E-state index contributed by atoms with van der Waals surface area (Å²) in [4.78, 5) is 12.1. The Hall–Kier alpha value is -0.740. The molecule has 0 bridgehead atoms. The first-order valence-corrected chi connectivity index (χ1v) is 6.57. The van der Waals surface area contributed by atoms with Crippen molar-refractivity contribution in [1.82, 2.24) is 0 Å². The van der Waals surface area contributed by atoms with Gasteiger partial charge in [-0.2, -0.15) is 0 Å². The zero-order valence-corrected chi connectivity index (χ0v) is 11.1. The first-order valence-electron chi connectivity index (χ1n) is 5.78. The zero-order valence-electron chi connectivity index (χ0n) is 9.51. The molecule has 0 amide bonds. The molecule has 92 valence electrons. The van der Waals surface area contributed by atoms with Gasteiger partial charge in [0.15, 0.2) is 5.78 Å². The number of rotatable bonds is 3. The minimum atomic E-state index is -0.689. The van der Waals surface area contributed by atoms with Crippen LogP contribution in [-0.4, -0.2) is 11.3 Å². The summed E-state index contributed by atoms with van der Waals surface area (Å²) in [6.45, 7) is 0. The number of benzene rings is 1. The van der Waals surface area contributed by atoms with Crippen LogP contribution in [0.3, 0.4) is 0 Å². The van der Waals surface area contributed by atoms with Crippen molar-refractivity contribution < 1.29 is 9.18 Å². The zero-order chi connectivity index (χ0) is 12.5. The van der Waals surface area contributed by atoms with Gasteiger partial charge in [-0.3, -0.25) is 4.79 Å². The van der Waals surface area contributed by atoms with Gasteiger partial charge < -0.3 is 5.73 Å². The molecule has 0 heterocycles. The fourth-order valence-corrected chi connectivity index (χ4v) is 2.72. The number of carbonyl (C=O) groups excluding carboxylic acids is 1. The van der Waals surface area contributed by atoms with Crippen LogP contribution in [0, 0.1) is 5.82 Å². The standard InChI is InChI=1S/C13H15BrFNO/c14-12-9(4-3-5-10(12)15)8-11(17)13(16)6-1-2-7-13/h3-5H,1-2,6-8,16H2. The summed E-state index contributed by atoms with van der Waals surface area (Å²) in [6.07, 6.45) is 3.71. The second-order valence-electron chi connectivity index (χ2n) is 4.68. The van der Waals surface area contributed by atoms with Crippen molar-refractivity contribution in [2.75, 3.05) is 0 Å². The molecule has 1 saturated carbocycles. The second-order valence-corrected chi connectivity index (χ2v) is 5.47. The normalized spacial score (nSPS) is 18.3. The molecule has 1 fully saturated rings. The van der Waals surface area contributed by atoms with Crippen molar-refractivity contribution in [3.05, 3.63) is 34.1 Å². The molecule has 2 nitrogen and oxygen atoms in total. The van der Waals surface area contributed by atoms with Crippen LogP contribution in [0.4, 0.5) is 4.39 Å². The smallest absolute Gasteiger partial charge is 0.157 e. The van der Waals surface area contributed by atoms with Crippen molar-refractivity contribution in [1.29, 1.82) is 0 Å². The van der Waals surface area contributed by atoms with Crippen LogP contribution in [0.15, 0.2) is 22.7 Å². The quantitative estimate of drug-likeness (QED) is 0.932. The molecular weight excluding hydrogens is 285 g/mol. The number of hydrogen-bond acceptors (Lipinski definition) is 2. The summed E-state index contributed by atoms with van der Waals surface area (Å²) in [7, 11) is 0. The minimum absolute atomic E-state index is 0.0151. The SMILES string of the molecule is NC1(C(=O)Cc2cccc(F)c2Br)CCCC1. The summed E-state index contributed by atoms with van der Waals surface area (Å²) in [6, 6.07) is 4.73. The monoisotopic (exact) mass is 299 g/mol. The molecule has 1 aromatic carbocycles. The molecule has 0 spiro atoms. The molecular formula is C13H15BrFNO. The molecule has 0 unspecified atom stereocenters. The van der Waals surface area contributed by atoms with Gasteiger partial charge in [0.1, 0.15) is 5.82 Å². The van der Waals surface area contributed by atoms with Crippen molar-refractivity contribution in [3.63, 3.8) is 0 Å². The van der Waals surface area contributed by atoms with Gasteiger partial charge in [0.05, 0.1) is 10.0 Å². The third kappa shape index (κ3) is 2.58. The van der Waals surface area contributed by atoms with Gasteiger partial charge in [0.2, 0.25) is 0 Å². The van der Waals surface area contributed by atoms with Gasteiger partial charge in [-0.25, -0.2) is 4.39 Å². The number of ketones is 1. The molecule has 4 heteroatoms. The highest BCUT2D eigenvalue weighted by molar-refractivity contribution is 9.10. The van der Waals surface area contributed by atoms with E-state index < -0.39 is 5.54 Å². The number of Topliss-reactive ketones (excluding diaryl/α,β-unsaturated/α-hetero) is 1. The van der Waals surface area contributed by atoms with E-state index in [-0.39, 0.29) is 18.0 Å². The van der Waals surface area contributed by atoms with E-state index in [0.717, 1.165) is 25.7 Å². The van der Waals surface area contributed by atoms with Gasteiger partial charge in [0, 0.05) is 6.42 Å². The van der Waals surface area contributed by atoms with E-state index in [1.54, 1.807) is 12.1 Å². The maximum absolute atomic E-state index is 13.3. The number of nitrogens with two attached hydrogens (primary N) is 1. The Labute approximate surface area is 109 Å². The Morgan fingerprint density at radius 1 is 1.41 bits per heavy atom. The average molecular weight is 300 g/mol. The van der Waals surface area contributed by atoms with Crippen LogP contribution in [0.2, 0.25) is 0 Å². The molecule has 2 rings (SSSR count). The third-order valence-corrected chi connectivity index (χ3v) is 4.32. The highest BCUT2D eigenvalue weighted by atomic mass is 79.9. The predicted octanol–water partition coefficient (Wildman–Crippen LogP) is 2.97. The largest absolute Gasteiger partial charge is 0.319 e. The van der Waals surface area contributed by atoms with Crippen LogP contribution < -0.4 is 5.73 Å². The molecule has 1 aliphatic rings. The first kappa shape index (κ1) is 12.7. The van der Waals surface area contributed by atoms with Gasteiger partial charge in [0.25, 0.3) is 0 Å². The van der Waals surface area contributed by atoms with Gasteiger partial charge in [-0.05, 0) is 40.4 Å². The predicted molar refractivity (Wildman–Crippen MR) is 68.2 cm³/mol. The second kappa shape index (κ2) is 4.86. The van der Waals surface area contributed by atoms with Crippen molar-refractivity contribution >= 4 is 21.7 Å². The molecule has 0 saturated heterocycles. The van der Waals surface area contributed by atoms with Crippen LogP contribution in [0.1, 0.15) is 31.2 Å². The summed E-state index contributed by atoms with van der Waals surface area (Å²) in [5, 5.41) is 0. The summed E-state index contributed by atoms with van der Waals surface area (Å²) >= 11 is 3.17. The van der Waals surface area contributed by atoms with Crippen LogP contribution in [0.25, 0.3) is 0 Å². The Morgan fingerprint density at radius 3 is 2.71 bits per heavy atom. The van der Waals surface area contributed by atoms with E-state index in [4.69, 9.17) is 5.73 Å². The minimum Gasteiger partial charge on any atom is -0.319 e. The van der Waals surface area contributed by atoms with E-state index in [2.05, 4.69) is 15.9 Å². The lowest BCUT2D eigenvalue weighted by Gasteiger charge is -2.22. The van der Waals surface area contributed by atoms with Crippen molar-refractivity contribution in [3.8, 4) is 0 Å². The van der Waals surface area contributed by atoms with Crippen LogP contribution in [0.5, 0.6) is 0 Å². The molecule has 0 aromatic heterocycles. The Bertz CT molecular complexity index is 441. The fraction of sp³-hybridized carbons (Fsp3) is 0.462. The van der Waals surface area contributed by atoms with E-state index >= 15 is 0 Å². The van der Waals surface area contributed by atoms with Gasteiger partial charge >= 0.3 is 0 Å². The molecule has 1 aromatic rings. The van der Waals surface area contributed by atoms with Crippen LogP contribution >= 0.6 is 15.9 Å². The van der Waals surface area contributed by atoms with Gasteiger partial charge in [-0.1, -0.05) is 25.0 Å². The lowest BCUT2D eigenvalue weighted by atomic mass is 9.89. The average Bonchev–Trinajstić information content (AvgIpc) is 2.73.